The first-order valence-corrected chi connectivity index (χ1v) is 6.71. The van der Waals surface area contributed by atoms with Gasteiger partial charge in [0.2, 0.25) is 0 Å². The SMILES string of the molecule is CCOC(CN)CSc1nc2ccccc2[nH]1. The molecule has 0 saturated heterocycles. The first-order valence-electron chi connectivity index (χ1n) is 5.72. The number of nitrogens with one attached hydrogen (secondary N) is 1. The largest absolute Gasteiger partial charge is 0.376 e. The van der Waals surface area contributed by atoms with Crippen LogP contribution in [0.2, 0.25) is 0 Å². The second kappa shape index (κ2) is 6.05. The minimum Gasteiger partial charge on any atom is -0.376 e. The molecule has 1 atom stereocenters. The number of ether oxygens (including phenoxy) is 1. The Labute approximate surface area is 105 Å². The number of aromatic amines is 1. The Morgan fingerprint density at radius 1 is 1.47 bits per heavy atom. The molecule has 0 amide bonds. The number of rotatable bonds is 6. The number of hydrogen-bond donors (Lipinski definition) is 2. The molecule has 0 fully saturated rings. The molecule has 4 nitrogen and oxygen atoms in total. The molecule has 17 heavy (non-hydrogen) atoms. The van der Waals surface area contributed by atoms with Gasteiger partial charge in [-0.05, 0) is 19.1 Å². The molecule has 0 spiro atoms. The maximum atomic E-state index is 5.63. The number of hydrogen-bond acceptors (Lipinski definition) is 4. The van der Waals surface area contributed by atoms with Gasteiger partial charge in [0.25, 0.3) is 0 Å². The predicted octanol–water partition coefficient (Wildman–Crippen LogP) is 2.02. The van der Waals surface area contributed by atoms with Crippen LogP contribution in [0, 0.1) is 0 Å². The maximum absolute atomic E-state index is 5.63. The molecule has 1 aromatic heterocycles. The van der Waals surface area contributed by atoms with Crippen LogP contribution in [-0.2, 0) is 4.74 Å². The summed E-state index contributed by atoms with van der Waals surface area (Å²) in [5.74, 6) is 0.824. The summed E-state index contributed by atoms with van der Waals surface area (Å²) < 4.78 is 5.50. The van der Waals surface area contributed by atoms with E-state index in [0.717, 1.165) is 21.9 Å². The summed E-state index contributed by atoms with van der Waals surface area (Å²) in [7, 11) is 0. The molecular weight excluding hydrogens is 234 g/mol. The molecule has 5 heteroatoms. The lowest BCUT2D eigenvalue weighted by molar-refractivity contribution is 0.0858. The molecule has 1 heterocycles. The fraction of sp³-hybridized carbons (Fsp3) is 0.417. The van der Waals surface area contributed by atoms with Gasteiger partial charge in [0.05, 0.1) is 17.1 Å². The summed E-state index contributed by atoms with van der Waals surface area (Å²) in [6.07, 6.45) is 0.0956. The third-order valence-electron chi connectivity index (χ3n) is 2.44. The lowest BCUT2D eigenvalue weighted by Gasteiger charge is -2.12. The highest BCUT2D eigenvalue weighted by Crippen LogP contribution is 2.20. The van der Waals surface area contributed by atoms with Crippen molar-refractivity contribution in [3.8, 4) is 0 Å². The highest BCUT2D eigenvalue weighted by molar-refractivity contribution is 7.99. The predicted molar refractivity (Wildman–Crippen MR) is 71.3 cm³/mol. The molecule has 0 aliphatic heterocycles. The van der Waals surface area contributed by atoms with Crippen LogP contribution in [0.1, 0.15) is 6.92 Å². The fourth-order valence-corrected chi connectivity index (χ4v) is 2.51. The van der Waals surface area contributed by atoms with E-state index in [2.05, 4.69) is 9.97 Å². The number of aromatic nitrogens is 2. The van der Waals surface area contributed by atoms with E-state index in [1.54, 1.807) is 11.8 Å². The van der Waals surface area contributed by atoms with E-state index in [1.165, 1.54) is 0 Å². The molecule has 1 aromatic carbocycles. The summed E-state index contributed by atoms with van der Waals surface area (Å²) in [5.41, 5.74) is 7.69. The molecule has 0 aliphatic rings. The average molecular weight is 251 g/mol. The summed E-state index contributed by atoms with van der Waals surface area (Å²) >= 11 is 1.65. The van der Waals surface area contributed by atoms with E-state index in [9.17, 15) is 0 Å². The Morgan fingerprint density at radius 2 is 2.29 bits per heavy atom. The molecule has 1 unspecified atom stereocenters. The molecule has 92 valence electrons. The number of nitrogens with zero attached hydrogens (tertiary/aromatic N) is 1. The average Bonchev–Trinajstić information content (AvgIpc) is 2.77. The van der Waals surface area contributed by atoms with E-state index in [1.807, 2.05) is 31.2 Å². The molecule has 2 aromatic rings. The van der Waals surface area contributed by atoms with Crippen LogP contribution >= 0.6 is 11.8 Å². The Morgan fingerprint density at radius 3 is 3.00 bits per heavy atom. The Balaban J connectivity index is 1.98. The quantitative estimate of drug-likeness (QED) is 0.771. The van der Waals surface area contributed by atoms with Crippen molar-refractivity contribution in [3.63, 3.8) is 0 Å². The minimum atomic E-state index is 0.0956. The zero-order valence-corrected chi connectivity index (χ0v) is 10.7. The zero-order valence-electron chi connectivity index (χ0n) is 9.85. The zero-order chi connectivity index (χ0) is 12.1. The third kappa shape index (κ3) is 3.21. The van der Waals surface area contributed by atoms with Gasteiger partial charge in [-0.2, -0.15) is 0 Å². The van der Waals surface area contributed by atoms with E-state index in [4.69, 9.17) is 10.5 Å². The van der Waals surface area contributed by atoms with Crippen LogP contribution in [0.15, 0.2) is 29.4 Å². The van der Waals surface area contributed by atoms with Crippen molar-refractivity contribution in [1.29, 1.82) is 0 Å². The molecule has 0 radical (unpaired) electrons. The fourth-order valence-electron chi connectivity index (χ4n) is 1.59. The van der Waals surface area contributed by atoms with Crippen LogP contribution < -0.4 is 5.73 Å². The van der Waals surface area contributed by atoms with Gasteiger partial charge >= 0.3 is 0 Å². The van der Waals surface area contributed by atoms with Gasteiger partial charge in [-0.1, -0.05) is 23.9 Å². The van der Waals surface area contributed by atoms with Crippen molar-refractivity contribution in [2.75, 3.05) is 18.9 Å². The molecular formula is C12H17N3OS. The molecule has 2 rings (SSSR count). The summed E-state index contributed by atoms with van der Waals surface area (Å²) in [4.78, 5) is 7.76. The van der Waals surface area contributed by atoms with E-state index in [-0.39, 0.29) is 6.10 Å². The van der Waals surface area contributed by atoms with Gasteiger partial charge in [0.15, 0.2) is 5.16 Å². The van der Waals surface area contributed by atoms with Crippen LogP contribution in [0.4, 0.5) is 0 Å². The lowest BCUT2D eigenvalue weighted by Crippen LogP contribution is -2.26. The number of para-hydroxylation sites is 2. The van der Waals surface area contributed by atoms with E-state index >= 15 is 0 Å². The van der Waals surface area contributed by atoms with Gasteiger partial charge in [-0.25, -0.2) is 4.98 Å². The smallest absolute Gasteiger partial charge is 0.166 e. The monoisotopic (exact) mass is 251 g/mol. The maximum Gasteiger partial charge on any atom is 0.166 e. The van der Waals surface area contributed by atoms with Crippen LogP contribution in [0.5, 0.6) is 0 Å². The normalized spacial score (nSPS) is 13.1. The number of H-pyrrole nitrogens is 1. The number of benzene rings is 1. The van der Waals surface area contributed by atoms with Crippen molar-refractivity contribution in [2.45, 2.75) is 18.2 Å². The highest BCUT2D eigenvalue weighted by Gasteiger charge is 2.09. The Hall–Kier alpha value is -1.04. The van der Waals surface area contributed by atoms with Crippen molar-refractivity contribution < 1.29 is 4.74 Å². The Bertz CT molecular complexity index is 438. The first kappa shape index (κ1) is 12.4. The number of fused-ring (bicyclic) bond motifs is 1. The second-order valence-electron chi connectivity index (χ2n) is 3.68. The van der Waals surface area contributed by atoms with Gasteiger partial charge in [0.1, 0.15) is 0 Å². The Kier molecular flexibility index (Phi) is 4.42. The van der Waals surface area contributed by atoms with Crippen molar-refractivity contribution in [3.05, 3.63) is 24.3 Å². The number of thioether (sulfide) groups is 1. The van der Waals surface area contributed by atoms with Crippen molar-refractivity contribution >= 4 is 22.8 Å². The molecule has 0 saturated carbocycles. The van der Waals surface area contributed by atoms with Gasteiger partial charge in [-0.15, -0.1) is 0 Å². The topological polar surface area (TPSA) is 63.9 Å². The van der Waals surface area contributed by atoms with Crippen molar-refractivity contribution in [1.82, 2.24) is 9.97 Å². The first-order chi connectivity index (χ1) is 8.33. The van der Waals surface area contributed by atoms with Gasteiger partial charge < -0.3 is 15.5 Å². The lowest BCUT2D eigenvalue weighted by atomic mass is 10.3. The van der Waals surface area contributed by atoms with E-state index in [0.29, 0.717) is 13.2 Å². The van der Waals surface area contributed by atoms with Gasteiger partial charge in [0, 0.05) is 18.9 Å². The third-order valence-corrected chi connectivity index (χ3v) is 3.44. The van der Waals surface area contributed by atoms with Gasteiger partial charge in [-0.3, -0.25) is 0 Å². The highest BCUT2D eigenvalue weighted by atomic mass is 32.2. The second-order valence-corrected chi connectivity index (χ2v) is 4.69. The summed E-state index contributed by atoms with van der Waals surface area (Å²) in [6, 6.07) is 8.01. The summed E-state index contributed by atoms with van der Waals surface area (Å²) in [6.45, 7) is 3.22. The summed E-state index contributed by atoms with van der Waals surface area (Å²) in [5, 5.41) is 0.921. The van der Waals surface area contributed by atoms with Crippen LogP contribution in [-0.4, -0.2) is 35.0 Å². The molecule has 3 N–H and O–H groups in total. The van der Waals surface area contributed by atoms with Crippen LogP contribution in [0.3, 0.4) is 0 Å². The number of nitrogens with two attached hydrogens (primary N) is 1. The van der Waals surface area contributed by atoms with Crippen molar-refractivity contribution in [2.24, 2.45) is 5.73 Å². The number of imidazole rings is 1. The standard InChI is InChI=1S/C12H17N3OS/c1-2-16-9(7-13)8-17-12-14-10-5-3-4-6-11(10)15-12/h3-6,9H,2,7-8,13H2,1H3,(H,14,15). The van der Waals surface area contributed by atoms with E-state index < -0.39 is 0 Å². The molecule has 0 bridgehead atoms. The molecule has 0 aliphatic carbocycles. The minimum absolute atomic E-state index is 0.0956. The van der Waals surface area contributed by atoms with Crippen LogP contribution in [0.25, 0.3) is 11.0 Å².